The molecule has 0 aromatic carbocycles. The zero-order valence-corrected chi connectivity index (χ0v) is 13.1. The number of imidazole rings is 1. The van der Waals surface area contributed by atoms with Gasteiger partial charge in [0.05, 0.1) is 6.33 Å². The third-order valence-corrected chi connectivity index (χ3v) is 5.50. The number of aromatic nitrogens is 2. The van der Waals surface area contributed by atoms with Gasteiger partial charge in [0.25, 0.3) is 10.0 Å². The van der Waals surface area contributed by atoms with Crippen LogP contribution in [0.5, 0.6) is 0 Å². The molecular formula is C13H24N4O2S. The maximum absolute atomic E-state index is 12.5. The van der Waals surface area contributed by atoms with Crippen molar-refractivity contribution in [1.82, 2.24) is 19.2 Å². The van der Waals surface area contributed by atoms with Gasteiger partial charge >= 0.3 is 0 Å². The van der Waals surface area contributed by atoms with E-state index in [2.05, 4.69) is 17.2 Å². The Morgan fingerprint density at radius 2 is 2.05 bits per heavy atom. The summed E-state index contributed by atoms with van der Waals surface area (Å²) in [6.45, 7) is 6.97. The quantitative estimate of drug-likeness (QED) is 0.853. The first-order valence-electron chi connectivity index (χ1n) is 7.33. The maximum Gasteiger partial charge on any atom is 0.262 e. The van der Waals surface area contributed by atoms with Crippen LogP contribution in [0.1, 0.15) is 33.1 Å². The lowest BCUT2D eigenvalue weighted by molar-refractivity contribution is 0.289. The van der Waals surface area contributed by atoms with Crippen molar-refractivity contribution in [3.8, 4) is 0 Å². The van der Waals surface area contributed by atoms with Crippen LogP contribution in [-0.2, 0) is 16.6 Å². The number of piperidine rings is 1. The molecule has 7 heteroatoms. The summed E-state index contributed by atoms with van der Waals surface area (Å²) in [5.41, 5.74) is 0. The molecule has 2 heterocycles. The molecule has 1 aromatic rings. The number of rotatable bonds is 6. The van der Waals surface area contributed by atoms with Crippen LogP contribution >= 0.6 is 0 Å². The summed E-state index contributed by atoms with van der Waals surface area (Å²) in [4.78, 5) is 4.02. The highest BCUT2D eigenvalue weighted by Gasteiger charge is 2.30. The Kier molecular flexibility index (Phi) is 5.17. The minimum atomic E-state index is -3.42. The lowest BCUT2D eigenvalue weighted by Gasteiger charge is -2.31. The number of sulfonamides is 1. The summed E-state index contributed by atoms with van der Waals surface area (Å²) in [5.74, 6) is 0. The summed E-state index contributed by atoms with van der Waals surface area (Å²) >= 11 is 0. The van der Waals surface area contributed by atoms with Crippen molar-refractivity contribution in [2.75, 3.05) is 19.6 Å². The number of nitrogens with one attached hydrogen (secondary N) is 1. The molecule has 2 rings (SSSR count). The number of nitrogens with zero attached hydrogens (tertiary/aromatic N) is 3. The monoisotopic (exact) mass is 300 g/mol. The Bertz CT molecular complexity index is 518. The van der Waals surface area contributed by atoms with Crippen LogP contribution in [0.25, 0.3) is 0 Å². The van der Waals surface area contributed by atoms with Crippen molar-refractivity contribution in [2.45, 2.75) is 50.7 Å². The van der Waals surface area contributed by atoms with Crippen molar-refractivity contribution in [1.29, 1.82) is 0 Å². The average molecular weight is 300 g/mol. The second-order valence-electron chi connectivity index (χ2n) is 5.17. The van der Waals surface area contributed by atoms with Crippen molar-refractivity contribution in [2.24, 2.45) is 0 Å². The van der Waals surface area contributed by atoms with Crippen molar-refractivity contribution < 1.29 is 8.42 Å². The third kappa shape index (κ3) is 3.39. The van der Waals surface area contributed by atoms with Gasteiger partial charge in [-0.3, -0.25) is 0 Å². The predicted octanol–water partition coefficient (Wildman–Crippen LogP) is 1.06. The first-order valence-corrected chi connectivity index (χ1v) is 8.77. The Hall–Kier alpha value is -0.920. The van der Waals surface area contributed by atoms with Gasteiger partial charge in [-0.25, -0.2) is 13.4 Å². The van der Waals surface area contributed by atoms with Crippen LogP contribution in [0.3, 0.4) is 0 Å². The van der Waals surface area contributed by atoms with E-state index in [-0.39, 0.29) is 5.03 Å². The van der Waals surface area contributed by atoms with E-state index < -0.39 is 10.0 Å². The highest BCUT2D eigenvalue weighted by Crippen LogP contribution is 2.19. The molecule has 114 valence electrons. The van der Waals surface area contributed by atoms with Crippen LogP contribution in [0.2, 0.25) is 0 Å². The Balaban J connectivity index is 1.98. The molecule has 0 aliphatic carbocycles. The molecule has 1 fully saturated rings. The van der Waals surface area contributed by atoms with E-state index >= 15 is 0 Å². The second kappa shape index (κ2) is 6.69. The van der Waals surface area contributed by atoms with Crippen molar-refractivity contribution in [3.05, 3.63) is 12.5 Å². The lowest BCUT2D eigenvalue weighted by atomic mass is 10.1. The fourth-order valence-corrected chi connectivity index (χ4v) is 3.83. The van der Waals surface area contributed by atoms with Crippen molar-refractivity contribution >= 4 is 10.0 Å². The van der Waals surface area contributed by atoms with Crippen LogP contribution in [0.15, 0.2) is 17.6 Å². The fourth-order valence-electron chi connectivity index (χ4n) is 2.43. The molecular weight excluding hydrogens is 276 g/mol. The molecule has 0 radical (unpaired) electrons. The van der Waals surface area contributed by atoms with Crippen LogP contribution in [-0.4, -0.2) is 48.0 Å². The highest BCUT2D eigenvalue weighted by atomic mass is 32.2. The topological polar surface area (TPSA) is 67.2 Å². The van der Waals surface area contributed by atoms with E-state index in [4.69, 9.17) is 0 Å². The Labute approximate surface area is 121 Å². The van der Waals surface area contributed by atoms with Gasteiger partial charge in [0.2, 0.25) is 0 Å². The summed E-state index contributed by atoms with van der Waals surface area (Å²) in [7, 11) is -3.42. The first kappa shape index (κ1) is 15.5. The van der Waals surface area contributed by atoms with Gasteiger partial charge < -0.3 is 9.88 Å². The second-order valence-corrected chi connectivity index (χ2v) is 7.06. The first-order chi connectivity index (χ1) is 9.57. The minimum Gasteiger partial charge on any atom is -0.336 e. The van der Waals surface area contributed by atoms with Gasteiger partial charge in [-0.1, -0.05) is 6.92 Å². The van der Waals surface area contributed by atoms with E-state index in [1.807, 2.05) is 6.92 Å². The molecule has 6 nitrogen and oxygen atoms in total. The van der Waals surface area contributed by atoms with Gasteiger partial charge in [-0.2, -0.15) is 4.31 Å². The standard InChI is InChI=1S/C13H24N4O2S/c1-3-7-14-12-5-8-17(9-6-12)20(18,19)13-10-16(4-2)11-15-13/h10-12,14H,3-9H2,1-2H3. The summed E-state index contributed by atoms with van der Waals surface area (Å²) in [6, 6.07) is 0.439. The zero-order chi connectivity index (χ0) is 14.6. The van der Waals surface area contributed by atoms with E-state index in [1.165, 1.54) is 0 Å². The van der Waals surface area contributed by atoms with Crippen LogP contribution < -0.4 is 5.32 Å². The van der Waals surface area contributed by atoms with Gasteiger partial charge in [-0.05, 0) is 32.7 Å². The van der Waals surface area contributed by atoms with Crippen LogP contribution in [0, 0.1) is 0 Å². The largest absolute Gasteiger partial charge is 0.336 e. The molecule has 0 amide bonds. The molecule has 0 spiro atoms. The normalized spacial score (nSPS) is 18.5. The molecule has 0 bridgehead atoms. The number of hydrogen-bond acceptors (Lipinski definition) is 4. The molecule has 0 saturated carbocycles. The predicted molar refractivity (Wildman–Crippen MR) is 78.0 cm³/mol. The maximum atomic E-state index is 12.5. The van der Waals surface area contributed by atoms with Gasteiger partial charge in [0.15, 0.2) is 5.03 Å². The van der Waals surface area contributed by atoms with E-state index in [1.54, 1.807) is 21.4 Å². The average Bonchev–Trinajstić information content (AvgIpc) is 2.95. The molecule has 1 aliphatic rings. The molecule has 1 saturated heterocycles. The van der Waals surface area contributed by atoms with E-state index in [0.29, 0.717) is 19.1 Å². The third-order valence-electron chi connectivity index (χ3n) is 3.72. The summed E-state index contributed by atoms with van der Waals surface area (Å²) in [6.07, 6.45) is 6.02. The smallest absolute Gasteiger partial charge is 0.262 e. The molecule has 0 unspecified atom stereocenters. The van der Waals surface area contributed by atoms with E-state index in [9.17, 15) is 8.42 Å². The zero-order valence-electron chi connectivity index (χ0n) is 12.2. The number of hydrogen-bond donors (Lipinski definition) is 1. The number of aryl methyl sites for hydroxylation is 1. The molecule has 1 aliphatic heterocycles. The Morgan fingerprint density at radius 3 is 2.60 bits per heavy atom. The summed E-state index contributed by atoms with van der Waals surface area (Å²) < 4.78 is 28.3. The van der Waals surface area contributed by atoms with Crippen LogP contribution in [0.4, 0.5) is 0 Å². The van der Waals surface area contributed by atoms with Gasteiger partial charge in [0.1, 0.15) is 0 Å². The Morgan fingerprint density at radius 1 is 1.35 bits per heavy atom. The molecule has 1 N–H and O–H groups in total. The summed E-state index contributed by atoms with van der Waals surface area (Å²) in [5, 5.41) is 3.62. The minimum absolute atomic E-state index is 0.166. The highest BCUT2D eigenvalue weighted by molar-refractivity contribution is 7.89. The molecule has 1 aromatic heterocycles. The molecule has 0 atom stereocenters. The lowest BCUT2D eigenvalue weighted by Crippen LogP contribution is -2.45. The van der Waals surface area contributed by atoms with E-state index in [0.717, 1.165) is 32.4 Å². The molecule has 20 heavy (non-hydrogen) atoms. The van der Waals surface area contributed by atoms with Gasteiger partial charge in [0, 0.05) is 31.9 Å². The van der Waals surface area contributed by atoms with Gasteiger partial charge in [-0.15, -0.1) is 0 Å². The fraction of sp³-hybridized carbons (Fsp3) is 0.769. The SMILES string of the molecule is CCCNC1CCN(S(=O)(=O)c2cn(CC)cn2)CC1. The van der Waals surface area contributed by atoms with Crippen molar-refractivity contribution in [3.63, 3.8) is 0 Å².